The molecule has 0 aromatic carbocycles. The number of amides is 2. The highest BCUT2D eigenvalue weighted by molar-refractivity contribution is 7.09. The third-order valence-corrected chi connectivity index (χ3v) is 4.14. The van der Waals surface area contributed by atoms with E-state index in [2.05, 4.69) is 20.6 Å². The van der Waals surface area contributed by atoms with Gasteiger partial charge >= 0.3 is 12.2 Å². The number of nitrogens with zero attached hydrogens (tertiary/aromatic N) is 2. The number of aromatic nitrogens is 2. The van der Waals surface area contributed by atoms with Crippen molar-refractivity contribution in [3.63, 3.8) is 0 Å². The van der Waals surface area contributed by atoms with Gasteiger partial charge in [-0.25, -0.2) is 14.8 Å². The maximum atomic E-state index is 12.6. The van der Waals surface area contributed by atoms with Crippen LogP contribution in [0, 0.1) is 6.92 Å². The number of nitrogens with one attached hydrogen (secondary N) is 2. The Labute approximate surface area is 135 Å². The molecule has 0 unspecified atom stereocenters. The highest BCUT2D eigenvalue weighted by Crippen LogP contribution is 2.28. The van der Waals surface area contributed by atoms with Crippen molar-refractivity contribution in [1.82, 2.24) is 15.3 Å². The minimum Gasteiger partial charge on any atom is -0.326 e. The zero-order chi connectivity index (χ0) is 17.3. The second kappa shape index (κ2) is 6.15. The summed E-state index contributed by atoms with van der Waals surface area (Å²) in [4.78, 5) is 19.7. The molecule has 2 aromatic heterocycles. The molecule has 2 N–H and O–H groups in total. The standard InChI is InChI=1S/C14H15F3N4OS/c1-8-7-23-11(18-8)13(2,3)21-12(22)20-10-6-4-5-9(19-10)14(15,16)17/h4-7H,1-3H3,(H2,19,20,21,22). The van der Waals surface area contributed by atoms with Crippen molar-refractivity contribution >= 4 is 23.2 Å². The van der Waals surface area contributed by atoms with Gasteiger partial charge < -0.3 is 5.32 Å². The van der Waals surface area contributed by atoms with Crippen molar-refractivity contribution in [2.24, 2.45) is 0 Å². The molecule has 124 valence electrons. The van der Waals surface area contributed by atoms with Crippen LogP contribution in [0.3, 0.4) is 0 Å². The van der Waals surface area contributed by atoms with Gasteiger partial charge in [-0.1, -0.05) is 6.07 Å². The first-order chi connectivity index (χ1) is 10.6. The molecule has 0 aliphatic carbocycles. The Kier molecular flexibility index (Phi) is 4.60. The summed E-state index contributed by atoms with van der Waals surface area (Å²) in [6, 6.07) is 2.65. The SMILES string of the molecule is Cc1csc(C(C)(C)NC(=O)Nc2cccc(C(F)(F)F)n2)n1. The summed E-state index contributed by atoms with van der Waals surface area (Å²) in [5, 5.41) is 7.52. The number of anilines is 1. The topological polar surface area (TPSA) is 66.9 Å². The average Bonchev–Trinajstić information content (AvgIpc) is 2.85. The fourth-order valence-corrected chi connectivity index (χ4v) is 2.67. The van der Waals surface area contributed by atoms with Gasteiger partial charge in [0.1, 0.15) is 16.5 Å². The number of hydrogen-bond acceptors (Lipinski definition) is 4. The molecule has 2 rings (SSSR count). The van der Waals surface area contributed by atoms with Crippen molar-refractivity contribution in [1.29, 1.82) is 0 Å². The second-order valence-electron chi connectivity index (χ2n) is 5.40. The minimum absolute atomic E-state index is 0.177. The molecule has 23 heavy (non-hydrogen) atoms. The Balaban J connectivity index is 2.08. The van der Waals surface area contributed by atoms with E-state index in [1.54, 1.807) is 13.8 Å². The Morgan fingerprint density at radius 2 is 1.91 bits per heavy atom. The van der Waals surface area contributed by atoms with E-state index in [-0.39, 0.29) is 5.82 Å². The van der Waals surface area contributed by atoms with E-state index >= 15 is 0 Å². The smallest absolute Gasteiger partial charge is 0.326 e. The monoisotopic (exact) mass is 344 g/mol. The van der Waals surface area contributed by atoms with E-state index in [9.17, 15) is 18.0 Å². The second-order valence-corrected chi connectivity index (χ2v) is 6.26. The number of hydrogen-bond donors (Lipinski definition) is 2. The number of rotatable bonds is 3. The molecule has 0 saturated heterocycles. The Morgan fingerprint density at radius 1 is 1.22 bits per heavy atom. The van der Waals surface area contributed by atoms with Crippen LogP contribution >= 0.6 is 11.3 Å². The van der Waals surface area contributed by atoms with Crippen molar-refractivity contribution in [2.75, 3.05) is 5.32 Å². The first kappa shape index (κ1) is 17.2. The van der Waals surface area contributed by atoms with Gasteiger partial charge in [0, 0.05) is 11.1 Å². The molecular formula is C14H15F3N4OS. The van der Waals surface area contributed by atoms with Gasteiger partial charge in [0.15, 0.2) is 0 Å². The maximum Gasteiger partial charge on any atom is 0.433 e. The van der Waals surface area contributed by atoms with Crippen LogP contribution in [-0.2, 0) is 11.7 Å². The first-order valence-electron chi connectivity index (χ1n) is 6.64. The summed E-state index contributed by atoms with van der Waals surface area (Å²) < 4.78 is 37.8. The number of halogens is 3. The molecule has 0 saturated carbocycles. The zero-order valence-corrected chi connectivity index (χ0v) is 13.5. The summed E-state index contributed by atoms with van der Waals surface area (Å²) in [6.07, 6.45) is -4.56. The van der Waals surface area contributed by atoms with Crippen LogP contribution in [0.4, 0.5) is 23.8 Å². The highest BCUT2D eigenvalue weighted by atomic mass is 32.1. The maximum absolute atomic E-state index is 12.6. The molecule has 2 amide bonds. The molecule has 0 bridgehead atoms. The van der Waals surface area contributed by atoms with Crippen LogP contribution in [-0.4, -0.2) is 16.0 Å². The van der Waals surface area contributed by atoms with E-state index in [4.69, 9.17) is 0 Å². The van der Waals surface area contributed by atoms with E-state index in [0.29, 0.717) is 5.01 Å². The molecule has 0 fully saturated rings. The largest absolute Gasteiger partial charge is 0.433 e. The summed E-state index contributed by atoms with van der Waals surface area (Å²) >= 11 is 1.39. The molecule has 5 nitrogen and oxygen atoms in total. The van der Waals surface area contributed by atoms with E-state index in [0.717, 1.165) is 11.8 Å². The summed E-state index contributed by atoms with van der Waals surface area (Å²) in [7, 11) is 0. The van der Waals surface area contributed by atoms with Crippen LogP contribution in [0.2, 0.25) is 0 Å². The third-order valence-electron chi connectivity index (χ3n) is 2.86. The number of thiazole rings is 1. The summed E-state index contributed by atoms with van der Waals surface area (Å²) in [6.45, 7) is 5.34. The van der Waals surface area contributed by atoms with E-state index in [1.807, 2.05) is 12.3 Å². The lowest BCUT2D eigenvalue weighted by Crippen LogP contribution is -2.43. The fraction of sp³-hybridized carbons (Fsp3) is 0.357. The van der Waals surface area contributed by atoms with E-state index < -0.39 is 23.4 Å². The van der Waals surface area contributed by atoms with Crippen molar-refractivity contribution in [3.8, 4) is 0 Å². The lowest BCUT2D eigenvalue weighted by Gasteiger charge is -2.23. The Bertz CT molecular complexity index is 712. The summed E-state index contributed by atoms with van der Waals surface area (Å²) in [5.41, 5.74) is -0.991. The number of aryl methyl sites for hydroxylation is 1. The molecule has 0 aliphatic heterocycles. The molecular weight excluding hydrogens is 329 g/mol. The van der Waals surface area contributed by atoms with Gasteiger partial charge in [-0.05, 0) is 32.9 Å². The highest BCUT2D eigenvalue weighted by Gasteiger charge is 2.32. The van der Waals surface area contributed by atoms with Crippen LogP contribution in [0.25, 0.3) is 0 Å². The number of alkyl halides is 3. The first-order valence-corrected chi connectivity index (χ1v) is 7.52. The lowest BCUT2D eigenvalue weighted by molar-refractivity contribution is -0.141. The minimum atomic E-state index is -4.56. The van der Waals surface area contributed by atoms with Crippen LogP contribution in [0.5, 0.6) is 0 Å². The molecule has 0 radical (unpaired) electrons. The van der Waals surface area contributed by atoms with Gasteiger partial charge in [0.25, 0.3) is 0 Å². The average molecular weight is 344 g/mol. The molecule has 0 spiro atoms. The normalized spacial score (nSPS) is 12.1. The van der Waals surface area contributed by atoms with Crippen molar-refractivity contribution in [3.05, 3.63) is 40.0 Å². The third kappa shape index (κ3) is 4.41. The fourth-order valence-electron chi connectivity index (χ4n) is 1.79. The van der Waals surface area contributed by atoms with Gasteiger partial charge in [0.2, 0.25) is 0 Å². The molecule has 2 heterocycles. The van der Waals surface area contributed by atoms with Crippen molar-refractivity contribution in [2.45, 2.75) is 32.5 Å². The van der Waals surface area contributed by atoms with E-state index in [1.165, 1.54) is 23.5 Å². The van der Waals surface area contributed by atoms with Crippen molar-refractivity contribution < 1.29 is 18.0 Å². The van der Waals surface area contributed by atoms with Gasteiger partial charge in [-0.15, -0.1) is 11.3 Å². The van der Waals surface area contributed by atoms with Crippen LogP contribution in [0.1, 0.15) is 30.2 Å². The predicted molar refractivity (Wildman–Crippen MR) is 81.3 cm³/mol. The zero-order valence-electron chi connectivity index (χ0n) is 12.7. The van der Waals surface area contributed by atoms with Gasteiger partial charge in [-0.2, -0.15) is 13.2 Å². The quantitative estimate of drug-likeness (QED) is 0.887. The molecule has 0 aliphatic rings. The number of carbonyl (C=O) groups excluding carboxylic acids is 1. The number of urea groups is 1. The predicted octanol–water partition coefficient (Wildman–Crippen LogP) is 3.92. The van der Waals surface area contributed by atoms with Crippen LogP contribution in [0.15, 0.2) is 23.6 Å². The Hall–Kier alpha value is -2.16. The number of pyridine rings is 1. The Morgan fingerprint density at radius 3 is 2.48 bits per heavy atom. The summed E-state index contributed by atoms with van der Waals surface area (Å²) in [5.74, 6) is -0.177. The molecule has 2 aromatic rings. The number of carbonyl (C=O) groups is 1. The molecule has 0 atom stereocenters. The van der Waals surface area contributed by atoms with Gasteiger partial charge in [0.05, 0.1) is 5.54 Å². The van der Waals surface area contributed by atoms with Crippen LogP contribution < -0.4 is 10.6 Å². The lowest BCUT2D eigenvalue weighted by atomic mass is 10.1. The molecule has 9 heteroatoms. The van der Waals surface area contributed by atoms with Gasteiger partial charge in [-0.3, -0.25) is 5.32 Å².